The van der Waals surface area contributed by atoms with Crippen LogP contribution < -0.4 is 16.4 Å². The monoisotopic (exact) mass is 301 g/mol. The molecule has 0 aliphatic heterocycles. The zero-order valence-corrected chi connectivity index (χ0v) is 12.5. The molecule has 7 heteroatoms. The summed E-state index contributed by atoms with van der Waals surface area (Å²) in [6, 6.07) is 6.44. The van der Waals surface area contributed by atoms with Gasteiger partial charge < -0.3 is 16.4 Å². The van der Waals surface area contributed by atoms with E-state index in [1.165, 1.54) is 0 Å². The highest BCUT2D eigenvalue weighted by Gasteiger charge is 2.18. The third-order valence-corrected chi connectivity index (χ3v) is 3.14. The fourth-order valence-corrected chi connectivity index (χ4v) is 2.19. The summed E-state index contributed by atoms with van der Waals surface area (Å²) in [5, 5.41) is 9.32. The lowest BCUT2D eigenvalue weighted by molar-refractivity contribution is -0.116. The molecular weight excluding hydrogens is 282 g/mol. The van der Waals surface area contributed by atoms with Crippen molar-refractivity contribution in [1.29, 1.82) is 0 Å². The topological polar surface area (TPSA) is 102 Å². The largest absolute Gasteiger partial charge is 0.352 e. The molecule has 7 nitrogen and oxygen atoms in total. The number of urea groups is 1. The minimum absolute atomic E-state index is 0.0846. The molecule has 1 aromatic carbocycles. The van der Waals surface area contributed by atoms with E-state index in [1.807, 2.05) is 31.2 Å². The first kappa shape index (κ1) is 15.6. The Kier molecular flexibility index (Phi) is 4.77. The van der Waals surface area contributed by atoms with Crippen molar-refractivity contribution in [3.8, 4) is 0 Å². The van der Waals surface area contributed by atoms with Crippen LogP contribution in [0.25, 0.3) is 0 Å². The van der Waals surface area contributed by atoms with E-state index in [-0.39, 0.29) is 12.3 Å². The van der Waals surface area contributed by atoms with Crippen molar-refractivity contribution in [2.45, 2.75) is 19.4 Å². The zero-order chi connectivity index (χ0) is 16.1. The molecule has 2 rings (SSSR count). The van der Waals surface area contributed by atoms with Crippen LogP contribution in [0.5, 0.6) is 0 Å². The van der Waals surface area contributed by atoms with Crippen LogP contribution in [0.15, 0.2) is 36.7 Å². The lowest BCUT2D eigenvalue weighted by atomic mass is 10.0. The molecule has 2 aromatic rings. The van der Waals surface area contributed by atoms with Gasteiger partial charge in [-0.25, -0.2) is 4.79 Å². The molecule has 116 valence electrons. The summed E-state index contributed by atoms with van der Waals surface area (Å²) < 4.78 is 1.59. The molecule has 0 fully saturated rings. The van der Waals surface area contributed by atoms with Gasteiger partial charge in [0, 0.05) is 13.2 Å². The van der Waals surface area contributed by atoms with Crippen molar-refractivity contribution < 1.29 is 9.59 Å². The zero-order valence-electron chi connectivity index (χ0n) is 12.5. The van der Waals surface area contributed by atoms with Crippen LogP contribution in [-0.2, 0) is 11.8 Å². The lowest BCUT2D eigenvalue weighted by Crippen LogP contribution is -2.35. The Morgan fingerprint density at radius 2 is 2.18 bits per heavy atom. The van der Waals surface area contributed by atoms with E-state index in [1.54, 1.807) is 24.1 Å². The standard InChI is InChI=1S/C15H19N5O2/c1-10-4-3-5-11(6-10)13(19-15(16)22)7-14(21)18-12-8-17-20(2)9-12/h3-6,8-9,13H,7H2,1-2H3,(H,18,21)(H3,16,19,22)/t13-/m0/s1. The SMILES string of the molecule is Cc1cccc([C@H](CC(=O)Nc2cnn(C)c2)NC(N)=O)c1. The Morgan fingerprint density at radius 1 is 1.41 bits per heavy atom. The van der Waals surface area contributed by atoms with Crippen LogP contribution in [0.1, 0.15) is 23.6 Å². The van der Waals surface area contributed by atoms with Crippen LogP contribution >= 0.6 is 0 Å². The molecule has 4 N–H and O–H groups in total. The number of nitrogens with zero attached hydrogens (tertiary/aromatic N) is 2. The minimum Gasteiger partial charge on any atom is -0.352 e. The molecule has 1 aromatic heterocycles. The summed E-state index contributed by atoms with van der Waals surface area (Å²) >= 11 is 0. The molecule has 1 atom stereocenters. The van der Waals surface area contributed by atoms with Crippen molar-refractivity contribution in [2.75, 3.05) is 5.32 Å². The Balaban J connectivity index is 2.09. The quantitative estimate of drug-likeness (QED) is 0.779. The maximum Gasteiger partial charge on any atom is 0.312 e. The molecule has 3 amide bonds. The number of nitrogens with two attached hydrogens (primary N) is 1. The number of aromatic nitrogens is 2. The first-order valence-electron chi connectivity index (χ1n) is 6.85. The summed E-state index contributed by atoms with van der Waals surface area (Å²) in [5.41, 5.74) is 7.69. The molecule has 0 saturated heterocycles. The number of primary amides is 1. The third kappa shape index (κ3) is 4.34. The van der Waals surface area contributed by atoms with Crippen molar-refractivity contribution in [2.24, 2.45) is 12.8 Å². The van der Waals surface area contributed by atoms with Gasteiger partial charge in [0.2, 0.25) is 5.91 Å². The predicted molar refractivity (Wildman–Crippen MR) is 83.1 cm³/mol. The molecule has 0 radical (unpaired) electrons. The number of carbonyl (C=O) groups excluding carboxylic acids is 2. The lowest BCUT2D eigenvalue weighted by Gasteiger charge is -2.18. The van der Waals surface area contributed by atoms with Gasteiger partial charge in [0.1, 0.15) is 0 Å². The molecule has 0 bridgehead atoms. The van der Waals surface area contributed by atoms with E-state index in [2.05, 4.69) is 15.7 Å². The predicted octanol–water partition coefficient (Wildman–Crippen LogP) is 1.47. The second-order valence-electron chi connectivity index (χ2n) is 5.13. The van der Waals surface area contributed by atoms with Crippen molar-refractivity contribution in [3.63, 3.8) is 0 Å². The Bertz CT molecular complexity index is 680. The third-order valence-electron chi connectivity index (χ3n) is 3.14. The average molecular weight is 301 g/mol. The average Bonchev–Trinajstić information content (AvgIpc) is 2.82. The van der Waals surface area contributed by atoms with E-state index in [9.17, 15) is 9.59 Å². The van der Waals surface area contributed by atoms with E-state index < -0.39 is 12.1 Å². The fourth-order valence-electron chi connectivity index (χ4n) is 2.19. The van der Waals surface area contributed by atoms with Gasteiger partial charge in [-0.2, -0.15) is 5.10 Å². The molecule has 0 spiro atoms. The number of rotatable bonds is 5. The summed E-state index contributed by atoms with van der Waals surface area (Å²) in [7, 11) is 1.76. The Hall–Kier alpha value is -2.83. The molecule has 0 aliphatic carbocycles. The smallest absolute Gasteiger partial charge is 0.312 e. The number of nitrogens with one attached hydrogen (secondary N) is 2. The number of hydrogen-bond acceptors (Lipinski definition) is 3. The van der Waals surface area contributed by atoms with E-state index in [0.29, 0.717) is 5.69 Å². The molecule has 0 unspecified atom stereocenters. The van der Waals surface area contributed by atoms with E-state index in [4.69, 9.17) is 5.73 Å². The maximum absolute atomic E-state index is 12.1. The molecular formula is C15H19N5O2. The van der Waals surface area contributed by atoms with Crippen molar-refractivity contribution in [1.82, 2.24) is 15.1 Å². The number of anilines is 1. The summed E-state index contributed by atoms with van der Waals surface area (Å²) in [5.74, 6) is -0.228. The van der Waals surface area contributed by atoms with Crippen molar-refractivity contribution in [3.05, 3.63) is 47.8 Å². The fraction of sp³-hybridized carbons (Fsp3) is 0.267. The first-order chi connectivity index (χ1) is 10.4. The summed E-state index contributed by atoms with van der Waals surface area (Å²) in [6.45, 7) is 1.94. The second kappa shape index (κ2) is 6.75. The Morgan fingerprint density at radius 3 is 2.77 bits per heavy atom. The van der Waals surface area contributed by atoms with Gasteiger partial charge in [-0.1, -0.05) is 29.8 Å². The van der Waals surface area contributed by atoms with Crippen LogP contribution in [0.3, 0.4) is 0 Å². The van der Waals surface area contributed by atoms with Crippen LogP contribution in [0.2, 0.25) is 0 Å². The van der Waals surface area contributed by atoms with Crippen LogP contribution in [0, 0.1) is 6.92 Å². The number of benzene rings is 1. The molecule has 22 heavy (non-hydrogen) atoms. The number of amides is 3. The number of carbonyl (C=O) groups is 2. The summed E-state index contributed by atoms with van der Waals surface area (Å²) in [6.07, 6.45) is 3.34. The highest BCUT2D eigenvalue weighted by molar-refractivity contribution is 5.91. The van der Waals surface area contributed by atoms with Gasteiger partial charge in [0.15, 0.2) is 0 Å². The number of hydrogen-bond donors (Lipinski definition) is 3. The van der Waals surface area contributed by atoms with Crippen molar-refractivity contribution >= 4 is 17.6 Å². The van der Waals surface area contributed by atoms with E-state index in [0.717, 1.165) is 11.1 Å². The molecule has 0 saturated carbocycles. The summed E-state index contributed by atoms with van der Waals surface area (Å²) in [4.78, 5) is 23.3. The number of aryl methyl sites for hydroxylation is 2. The highest BCUT2D eigenvalue weighted by atomic mass is 16.2. The van der Waals surface area contributed by atoms with Gasteiger partial charge in [0.05, 0.1) is 24.3 Å². The highest BCUT2D eigenvalue weighted by Crippen LogP contribution is 2.19. The Labute approximate surface area is 128 Å². The van der Waals surface area contributed by atoms with E-state index >= 15 is 0 Å². The van der Waals surface area contributed by atoms with Crippen LogP contribution in [0.4, 0.5) is 10.5 Å². The van der Waals surface area contributed by atoms with Gasteiger partial charge in [-0.3, -0.25) is 9.48 Å². The molecule has 0 aliphatic rings. The molecule has 1 heterocycles. The van der Waals surface area contributed by atoms with Crippen LogP contribution in [-0.4, -0.2) is 21.7 Å². The van der Waals surface area contributed by atoms with Gasteiger partial charge >= 0.3 is 6.03 Å². The minimum atomic E-state index is -0.666. The van der Waals surface area contributed by atoms with Gasteiger partial charge in [-0.05, 0) is 12.5 Å². The first-order valence-corrected chi connectivity index (χ1v) is 6.85. The second-order valence-corrected chi connectivity index (χ2v) is 5.13. The maximum atomic E-state index is 12.1. The van der Waals surface area contributed by atoms with Gasteiger partial charge in [-0.15, -0.1) is 0 Å². The van der Waals surface area contributed by atoms with Gasteiger partial charge in [0.25, 0.3) is 0 Å². The normalized spacial score (nSPS) is 11.7.